The maximum absolute atomic E-state index is 12.0. The van der Waals surface area contributed by atoms with E-state index in [1.165, 1.54) is 12.5 Å². The molecule has 0 fully saturated rings. The number of amides is 3. The Labute approximate surface area is 130 Å². The Hall–Kier alpha value is -2.86. The van der Waals surface area contributed by atoms with Crippen LogP contribution in [0.3, 0.4) is 0 Å². The van der Waals surface area contributed by atoms with Crippen molar-refractivity contribution in [2.45, 2.75) is 0 Å². The average molecular weight is 316 g/mol. The molecule has 110 valence electrons. The molecule has 1 heterocycles. The van der Waals surface area contributed by atoms with E-state index in [1.54, 1.807) is 36.4 Å². The van der Waals surface area contributed by atoms with Crippen LogP contribution in [0.2, 0.25) is 5.02 Å². The second-order valence-corrected chi connectivity index (χ2v) is 4.89. The first-order chi connectivity index (χ1) is 10.6. The fourth-order valence-electron chi connectivity index (χ4n) is 1.87. The van der Waals surface area contributed by atoms with Gasteiger partial charge in [-0.1, -0.05) is 11.6 Å². The molecule has 0 bridgehead atoms. The number of carbonyl (C=O) groups is 2. The third kappa shape index (κ3) is 3.07. The van der Waals surface area contributed by atoms with Gasteiger partial charge in [0.2, 0.25) is 0 Å². The average Bonchev–Trinajstić information content (AvgIpc) is 2.97. The summed E-state index contributed by atoms with van der Waals surface area (Å²) in [4.78, 5) is 27.7. The zero-order valence-electron chi connectivity index (χ0n) is 11.2. The lowest BCUT2D eigenvalue weighted by atomic mass is 10.2. The Kier molecular flexibility index (Phi) is 3.76. The molecule has 0 radical (unpaired) electrons. The van der Waals surface area contributed by atoms with Crippen LogP contribution in [0.5, 0.6) is 0 Å². The minimum absolute atomic E-state index is 0.301. The van der Waals surface area contributed by atoms with Gasteiger partial charge in [-0.15, -0.1) is 0 Å². The molecular formula is C15H10ClN3O3. The van der Waals surface area contributed by atoms with E-state index in [-0.39, 0.29) is 0 Å². The summed E-state index contributed by atoms with van der Waals surface area (Å²) < 4.78 is 5.12. The highest BCUT2D eigenvalue weighted by Crippen LogP contribution is 2.15. The van der Waals surface area contributed by atoms with Gasteiger partial charge in [0.1, 0.15) is 5.52 Å². The van der Waals surface area contributed by atoms with Crippen molar-refractivity contribution in [2.24, 2.45) is 0 Å². The number of aromatic nitrogens is 1. The summed E-state index contributed by atoms with van der Waals surface area (Å²) in [6.07, 6.45) is 1.29. The van der Waals surface area contributed by atoms with Crippen molar-refractivity contribution in [1.82, 2.24) is 10.3 Å². The van der Waals surface area contributed by atoms with E-state index >= 15 is 0 Å². The van der Waals surface area contributed by atoms with E-state index in [0.717, 1.165) is 0 Å². The minimum atomic E-state index is -0.634. The fraction of sp³-hybridized carbons (Fsp3) is 0. The first-order valence-corrected chi connectivity index (χ1v) is 6.71. The van der Waals surface area contributed by atoms with Gasteiger partial charge in [-0.05, 0) is 42.5 Å². The summed E-state index contributed by atoms with van der Waals surface area (Å²) in [6.45, 7) is 0. The summed E-state index contributed by atoms with van der Waals surface area (Å²) in [5, 5.41) is 5.33. The number of hydrogen-bond acceptors (Lipinski definition) is 4. The van der Waals surface area contributed by atoms with Gasteiger partial charge in [0, 0.05) is 16.3 Å². The number of halogens is 1. The topological polar surface area (TPSA) is 84.2 Å². The molecule has 0 aliphatic rings. The Morgan fingerprint density at radius 1 is 1.09 bits per heavy atom. The monoisotopic (exact) mass is 315 g/mol. The number of benzene rings is 2. The number of nitrogens with zero attached hydrogens (tertiary/aromatic N) is 1. The number of anilines is 1. The quantitative estimate of drug-likeness (QED) is 0.758. The zero-order valence-corrected chi connectivity index (χ0v) is 11.9. The van der Waals surface area contributed by atoms with E-state index in [0.29, 0.717) is 27.4 Å². The van der Waals surface area contributed by atoms with Crippen LogP contribution in [-0.2, 0) is 0 Å². The lowest BCUT2D eigenvalue weighted by Crippen LogP contribution is -2.34. The van der Waals surface area contributed by atoms with Crippen LogP contribution in [0.1, 0.15) is 10.4 Å². The number of urea groups is 1. The first kappa shape index (κ1) is 14.1. The number of carbonyl (C=O) groups excluding carboxylic acids is 2. The van der Waals surface area contributed by atoms with Gasteiger partial charge in [0.25, 0.3) is 5.91 Å². The van der Waals surface area contributed by atoms with E-state index in [1.807, 2.05) is 0 Å². The highest BCUT2D eigenvalue weighted by molar-refractivity contribution is 6.30. The summed E-state index contributed by atoms with van der Waals surface area (Å²) in [7, 11) is 0. The van der Waals surface area contributed by atoms with Crippen molar-refractivity contribution in [3.05, 3.63) is 59.4 Å². The van der Waals surface area contributed by atoms with Crippen LogP contribution >= 0.6 is 11.6 Å². The van der Waals surface area contributed by atoms with Crippen molar-refractivity contribution < 1.29 is 14.0 Å². The number of hydrogen-bond donors (Lipinski definition) is 2. The van der Waals surface area contributed by atoms with E-state index in [4.69, 9.17) is 16.0 Å². The van der Waals surface area contributed by atoms with Gasteiger partial charge in [0.15, 0.2) is 12.0 Å². The van der Waals surface area contributed by atoms with Crippen molar-refractivity contribution in [3.63, 3.8) is 0 Å². The predicted octanol–water partition coefficient (Wildman–Crippen LogP) is 3.44. The van der Waals surface area contributed by atoms with E-state index in [9.17, 15) is 9.59 Å². The van der Waals surface area contributed by atoms with Crippen molar-refractivity contribution in [3.8, 4) is 0 Å². The summed E-state index contributed by atoms with van der Waals surface area (Å²) in [6, 6.07) is 10.6. The molecule has 3 aromatic rings. The first-order valence-electron chi connectivity index (χ1n) is 6.33. The lowest BCUT2D eigenvalue weighted by molar-refractivity contribution is 0.0967. The molecule has 3 amide bonds. The number of rotatable bonds is 2. The summed E-state index contributed by atoms with van der Waals surface area (Å²) >= 11 is 5.75. The maximum atomic E-state index is 12.0. The third-order valence-corrected chi connectivity index (χ3v) is 3.17. The Balaban J connectivity index is 1.67. The standard InChI is InChI=1S/C15H10ClN3O3/c16-10-2-4-11(5-3-10)18-15(21)19-14(20)9-1-6-12-13(7-9)22-8-17-12/h1-8H,(H2,18,19,20,21). The molecule has 3 rings (SSSR count). The molecule has 0 saturated heterocycles. The second kappa shape index (κ2) is 5.87. The fourth-order valence-corrected chi connectivity index (χ4v) is 1.99. The molecular weight excluding hydrogens is 306 g/mol. The molecule has 0 spiro atoms. The highest BCUT2D eigenvalue weighted by Gasteiger charge is 2.12. The van der Waals surface area contributed by atoms with Crippen molar-refractivity contribution >= 4 is 40.3 Å². The molecule has 2 N–H and O–H groups in total. The van der Waals surface area contributed by atoms with Gasteiger partial charge in [-0.2, -0.15) is 0 Å². The maximum Gasteiger partial charge on any atom is 0.326 e. The number of imide groups is 1. The molecule has 22 heavy (non-hydrogen) atoms. The Morgan fingerprint density at radius 3 is 2.64 bits per heavy atom. The van der Waals surface area contributed by atoms with Crippen LogP contribution in [0.15, 0.2) is 53.3 Å². The Morgan fingerprint density at radius 2 is 1.86 bits per heavy atom. The van der Waals surface area contributed by atoms with E-state index in [2.05, 4.69) is 15.6 Å². The molecule has 0 aliphatic heterocycles. The third-order valence-electron chi connectivity index (χ3n) is 2.92. The van der Waals surface area contributed by atoms with Gasteiger partial charge in [-0.3, -0.25) is 10.1 Å². The lowest BCUT2D eigenvalue weighted by Gasteiger charge is -2.06. The number of oxazole rings is 1. The molecule has 1 aromatic heterocycles. The number of fused-ring (bicyclic) bond motifs is 1. The van der Waals surface area contributed by atoms with Crippen LogP contribution in [0.4, 0.5) is 10.5 Å². The van der Waals surface area contributed by atoms with Crippen LogP contribution in [0, 0.1) is 0 Å². The van der Waals surface area contributed by atoms with Gasteiger partial charge in [-0.25, -0.2) is 9.78 Å². The largest absolute Gasteiger partial charge is 0.443 e. The van der Waals surface area contributed by atoms with Crippen LogP contribution < -0.4 is 10.6 Å². The van der Waals surface area contributed by atoms with Crippen molar-refractivity contribution in [2.75, 3.05) is 5.32 Å². The predicted molar refractivity (Wildman–Crippen MR) is 81.9 cm³/mol. The summed E-state index contributed by atoms with van der Waals surface area (Å²) in [5.74, 6) is -0.537. The van der Waals surface area contributed by atoms with E-state index < -0.39 is 11.9 Å². The second-order valence-electron chi connectivity index (χ2n) is 4.45. The minimum Gasteiger partial charge on any atom is -0.443 e. The van der Waals surface area contributed by atoms with Gasteiger partial charge < -0.3 is 9.73 Å². The molecule has 0 aliphatic carbocycles. The normalized spacial score (nSPS) is 10.4. The summed E-state index contributed by atoms with van der Waals surface area (Å²) in [5.41, 5.74) is 1.95. The molecule has 0 atom stereocenters. The zero-order chi connectivity index (χ0) is 15.5. The van der Waals surface area contributed by atoms with Gasteiger partial charge >= 0.3 is 6.03 Å². The SMILES string of the molecule is O=C(NC(=O)c1ccc2ncoc2c1)Nc1ccc(Cl)cc1. The molecule has 0 saturated carbocycles. The van der Waals surface area contributed by atoms with Crippen molar-refractivity contribution in [1.29, 1.82) is 0 Å². The molecule has 0 unspecified atom stereocenters. The highest BCUT2D eigenvalue weighted by atomic mass is 35.5. The van der Waals surface area contributed by atoms with Crippen LogP contribution in [0.25, 0.3) is 11.1 Å². The molecule has 2 aromatic carbocycles. The molecule has 7 heteroatoms. The van der Waals surface area contributed by atoms with Crippen LogP contribution in [-0.4, -0.2) is 16.9 Å². The number of nitrogens with one attached hydrogen (secondary N) is 2. The molecule has 6 nitrogen and oxygen atoms in total. The van der Waals surface area contributed by atoms with Gasteiger partial charge in [0.05, 0.1) is 0 Å². The smallest absolute Gasteiger partial charge is 0.326 e. The Bertz CT molecular complexity index is 843.